The Morgan fingerprint density at radius 2 is 1.82 bits per heavy atom. The van der Waals surface area contributed by atoms with E-state index in [0.717, 1.165) is 23.9 Å². The van der Waals surface area contributed by atoms with E-state index in [1.807, 2.05) is 30.3 Å². The summed E-state index contributed by atoms with van der Waals surface area (Å²) >= 11 is 0. The molecular formula is C21H16FN5O. The first-order chi connectivity index (χ1) is 13.8. The van der Waals surface area contributed by atoms with E-state index in [-0.39, 0.29) is 0 Å². The third kappa shape index (κ3) is 4.50. The van der Waals surface area contributed by atoms with Crippen molar-refractivity contribution in [1.29, 1.82) is 0 Å². The Hall–Kier alpha value is -3.74. The van der Waals surface area contributed by atoms with Crippen molar-refractivity contribution in [2.75, 3.05) is 0 Å². The van der Waals surface area contributed by atoms with E-state index < -0.39 is 5.82 Å². The highest BCUT2D eigenvalue weighted by atomic mass is 19.1. The zero-order valence-corrected chi connectivity index (χ0v) is 14.9. The molecule has 0 radical (unpaired) electrons. The summed E-state index contributed by atoms with van der Waals surface area (Å²) in [6, 6.07) is 11.0. The van der Waals surface area contributed by atoms with Gasteiger partial charge in [-0.15, -0.1) is 0 Å². The van der Waals surface area contributed by atoms with Crippen LogP contribution in [0.2, 0.25) is 0 Å². The monoisotopic (exact) mass is 373 g/mol. The average molecular weight is 373 g/mol. The van der Waals surface area contributed by atoms with Crippen molar-refractivity contribution in [1.82, 2.24) is 24.9 Å². The van der Waals surface area contributed by atoms with Crippen molar-refractivity contribution < 1.29 is 9.13 Å². The van der Waals surface area contributed by atoms with Crippen LogP contribution in [-0.2, 0) is 12.8 Å². The minimum absolute atomic E-state index is 0.411. The molecule has 0 N–H and O–H groups in total. The molecule has 3 aromatic heterocycles. The summed E-state index contributed by atoms with van der Waals surface area (Å²) in [4.78, 5) is 20.7. The molecule has 0 aliphatic heterocycles. The molecule has 0 unspecified atom stereocenters. The molecule has 0 amide bonds. The molecule has 1 aromatic carbocycles. The van der Waals surface area contributed by atoms with Gasteiger partial charge in [-0.1, -0.05) is 12.1 Å². The van der Waals surface area contributed by atoms with Gasteiger partial charge in [-0.25, -0.2) is 19.3 Å². The second kappa shape index (κ2) is 8.30. The number of aryl methyl sites for hydroxylation is 2. The lowest BCUT2D eigenvalue weighted by molar-refractivity contribution is 0.459. The summed E-state index contributed by atoms with van der Waals surface area (Å²) in [6.45, 7) is 0. The third-order valence-electron chi connectivity index (χ3n) is 4.01. The maximum Gasteiger partial charge on any atom is 0.237 e. The number of halogens is 1. The Kier molecular flexibility index (Phi) is 5.24. The van der Waals surface area contributed by atoms with Crippen molar-refractivity contribution in [3.05, 3.63) is 90.7 Å². The van der Waals surface area contributed by atoms with Gasteiger partial charge in [0.2, 0.25) is 5.88 Å². The van der Waals surface area contributed by atoms with Gasteiger partial charge in [-0.05, 0) is 42.7 Å². The molecule has 138 valence electrons. The largest absolute Gasteiger partial charge is 0.437 e. The number of rotatable bonds is 6. The van der Waals surface area contributed by atoms with Crippen LogP contribution in [0.5, 0.6) is 11.6 Å². The van der Waals surface area contributed by atoms with Crippen LogP contribution in [0.3, 0.4) is 0 Å². The van der Waals surface area contributed by atoms with E-state index in [0.29, 0.717) is 29.4 Å². The van der Waals surface area contributed by atoms with Gasteiger partial charge in [0, 0.05) is 36.0 Å². The van der Waals surface area contributed by atoms with E-state index in [9.17, 15) is 4.39 Å². The van der Waals surface area contributed by atoms with Gasteiger partial charge < -0.3 is 4.74 Å². The first-order valence-corrected chi connectivity index (χ1v) is 8.72. The number of hydrogen-bond acceptors (Lipinski definition) is 6. The Morgan fingerprint density at radius 1 is 0.857 bits per heavy atom. The van der Waals surface area contributed by atoms with Gasteiger partial charge in [0.25, 0.3) is 0 Å². The highest BCUT2D eigenvalue weighted by Gasteiger charge is 2.06. The van der Waals surface area contributed by atoms with Gasteiger partial charge in [-0.3, -0.25) is 9.97 Å². The Bertz CT molecular complexity index is 1070. The van der Waals surface area contributed by atoms with E-state index in [2.05, 4.69) is 24.9 Å². The Labute approximate surface area is 161 Å². The smallest absolute Gasteiger partial charge is 0.237 e. The zero-order valence-electron chi connectivity index (χ0n) is 14.9. The molecule has 4 aromatic rings. The molecule has 6 nitrogen and oxygen atoms in total. The van der Waals surface area contributed by atoms with Crippen molar-refractivity contribution >= 4 is 0 Å². The van der Waals surface area contributed by atoms with Gasteiger partial charge in [0.15, 0.2) is 5.82 Å². The lowest BCUT2D eigenvalue weighted by Gasteiger charge is -2.07. The maximum absolute atomic E-state index is 13.4. The molecule has 4 rings (SSSR count). The van der Waals surface area contributed by atoms with E-state index in [1.165, 1.54) is 6.07 Å². The summed E-state index contributed by atoms with van der Waals surface area (Å²) in [5.41, 5.74) is 2.53. The fraction of sp³-hybridized carbons (Fsp3) is 0.0952. The molecular weight excluding hydrogens is 357 g/mol. The van der Waals surface area contributed by atoms with Crippen LogP contribution in [0, 0.1) is 5.82 Å². The van der Waals surface area contributed by atoms with Crippen LogP contribution in [0.1, 0.15) is 11.3 Å². The topological polar surface area (TPSA) is 73.7 Å². The summed E-state index contributed by atoms with van der Waals surface area (Å²) in [5.74, 6) is 1.20. The van der Waals surface area contributed by atoms with E-state index in [4.69, 9.17) is 4.74 Å². The molecule has 7 heteroatoms. The van der Waals surface area contributed by atoms with Crippen molar-refractivity contribution in [2.24, 2.45) is 0 Å². The maximum atomic E-state index is 13.4. The predicted molar refractivity (Wildman–Crippen MR) is 101 cm³/mol. The molecule has 0 aliphatic rings. The summed E-state index contributed by atoms with van der Waals surface area (Å²) in [7, 11) is 0. The SMILES string of the molecule is Fc1cncc(-c2nccc(CCc3cccc(Oc4cnccn4)c3)n2)c1. The van der Waals surface area contributed by atoms with Crippen LogP contribution in [-0.4, -0.2) is 24.9 Å². The van der Waals surface area contributed by atoms with Gasteiger partial charge in [0.1, 0.15) is 11.6 Å². The van der Waals surface area contributed by atoms with E-state index in [1.54, 1.807) is 31.0 Å². The molecule has 0 saturated heterocycles. The number of pyridine rings is 1. The van der Waals surface area contributed by atoms with Crippen LogP contribution in [0.15, 0.2) is 73.6 Å². The minimum Gasteiger partial charge on any atom is -0.437 e. The number of benzene rings is 1. The van der Waals surface area contributed by atoms with Crippen LogP contribution < -0.4 is 4.74 Å². The number of ether oxygens (including phenoxy) is 1. The highest BCUT2D eigenvalue weighted by molar-refractivity contribution is 5.52. The number of hydrogen-bond donors (Lipinski definition) is 0. The second-order valence-corrected chi connectivity index (χ2v) is 6.06. The molecule has 0 saturated carbocycles. The molecule has 3 heterocycles. The van der Waals surface area contributed by atoms with E-state index >= 15 is 0 Å². The fourth-order valence-electron chi connectivity index (χ4n) is 2.70. The lowest BCUT2D eigenvalue weighted by atomic mass is 10.1. The first kappa shape index (κ1) is 17.7. The molecule has 0 aliphatic carbocycles. The van der Waals surface area contributed by atoms with Gasteiger partial charge in [-0.2, -0.15) is 0 Å². The first-order valence-electron chi connectivity index (χ1n) is 8.72. The number of nitrogens with zero attached hydrogens (tertiary/aromatic N) is 5. The standard InChI is InChI=1S/C21H16FN5O/c22-17-11-16(12-24-13-17)21-26-7-6-18(27-21)5-4-15-2-1-3-19(10-15)28-20-14-23-8-9-25-20/h1-3,6-14H,4-5H2. The number of aromatic nitrogens is 5. The van der Waals surface area contributed by atoms with Gasteiger partial charge in [0.05, 0.1) is 12.4 Å². The quantitative estimate of drug-likeness (QED) is 0.508. The van der Waals surface area contributed by atoms with Crippen molar-refractivity contribution in [2.45, 2.75) is 12.8 Å². The molecule has 0 atom stereocenters. The molecule has 0 fully saturated rings. The zero-order chi connectivity index (χ0) is 19.2. The second-order valence-electron chi connectivity index (χ2n) is 6.06. The lowest BCUT2D eigenvalue weighted by Crippen LogP contribution is -1.99. The summed E-state index contributed by atoms with van der Waals surface area (Å²) < 4.78 is 19.1. The van der Waals surface area contributed by atoms with Crippen LogP contribution in [0.25, 0.3) is 11.4 Å². The Morgan fingerprint density at radius 3 is 2.68 bits per heavy atom. The predicted octanol–water partition coefficient (Wildman–Crippen LogP) is 4.05. The highest BCUT2D eigenvalue weighted by Crippen LogP contribution is 2.21. The van der Waals surface area contributed by atoms with Crippen LogP contribution >= 0.6 is 0 Å². The Balaban J connectivity index is 1.45. The molecule has 0 spiro atoms. The third-order valence-corrected chi connectivity index (χ3v) is 4.01. The average Bonchev–Trinajstić information content (AvgIpc) is 2.74. The normalized spacial score (nSPS) is 10.6. The van der Waals surface area contributed by atoms with Gasteiger partial charge >= 0.3 is 0 Å². The fourth-order valence-corrected chi connectivity index (χ4v) is 2.70. The summed E-state index contributed by atoms with van der Waals surface area (Å²) in [5, 5.41) is 0. The van der Waals surface area contributed by atoms with Crippen LogP contribution in [0.4, 0.5) is 4.39 Å². The molecule has 28 heavy (non-hydrogen) atoms. The molecule has 0 bridgehead atoms. The van der Waals surface area contributed by atoms with Crippen molar-refractivity contribution in [3.63, 3.8) is 0 Å². The minimum atomic E-state index is -0.411. The summed E-state index contributed by atoms with van der Waals surface area (Å²) in [6.07, 6.45) is 10.6. The van der Waals surface area contributed by atoms with Crippen molar-refractivity contribution in [3.8, 4) is 23.0 Å².